The molecule has 1 atom stereocenters. The van der Waals surface area contributed by atoms with E-state index in [9.17, 15) is 18.0 Å². The van der Waals surface area contributed by atoms with Gasteiger partial charge in [-0.1, -0.05) is 47.5 Å². The molecule has 42 heavy (non-hydrogen) atoms. The third kappa shape index (κ3) is 7.87. The first-order valence-corrected chi connectivity index (χ1v) is 15.2. The van der Waals surface area contributed by atoms with Crippen molar-refractivity contribution < 1.29 is 27.5 Å². The highest BCUT2D eigenvalue weighted by molar-refractivity contribution is 7.92. The van der Waals surface area contributed by atoms with E-state index < -0.39 is 40.0 Å². The fraction of sp³-hybridized carbons (Fsp3) is 0.333. The van der Waals surface area contributed by atoms with Gasteiger partial charge in [-0.2, -0.15) is 0 Å². The van der Waals surface area contributed by atoms with Gasteiger partial charge in [-0.3, -0.25) is 13.9 Å². The molecule has 0 radical (unpaired) electrons. The standard InChI is InChI=1S/C30H35Cl2N3O6S/c1-20(29(37)33-30(2,3)4)34(18-23-24(31)13-10-14-25(23)32)28(36)19-35(42(38,39)22-11-8-7-9-12-22)21-15-16-26(40-5)27(17-21)41-6/h7-17,20H,18-19H2,1-6H3,(H,33,37)/t20-/m0/s1. The first kappa shape index (κ1) is 33.0. The molecule has 3 aromatic carbocycles. The van der Waals surface area contributed by atoms with E-state index in [1.165, 1.54) is 43.4 Å². The van der Waals surface area contributed by atoms with Crippen molar-refractivity contribution >= 4 is 50.7 Å². The van der Waals surface area contributed by atoms with Crippen molar-refractivity contribution in [3.8, 4) is 11.5 Å². The number of hydrogen-bond acceptors (Lipinski definition) is 6. The summed E-state index contributed by atoms with van der Waals surface area (Å²) in [5, 5.41) is 3.48. The summed E-state index contributed by atoms with van der Waals surface area (Å²) in [6.07, 6.45) is 0. The molecule has 0 aliphatic rings. The maximum absolute atomic E-state index is 14.1. The monoisotopic (exact) mass is 635 g/mol. The molecular weight excluding hydrogens is 601 g/mol. The zero-order valence-corrected chi connectivity index (χ0v) is 26.7. The Morgan fingerprint density at radius 1 is 0.905 bits per heavy atom. The number of carbonyl (C=O) groups excluding carboxylic acids is 2. The SMILES string of the molecule is COc1ccc(N(CC(=O)N(Cc2c(Cl)cccc2Cl)[C@@H](C)C(=O)NC(C)(C)C)S(=O)(=O)c2ccccc2)cc1OC. The van der Waals surface area contributed by atoms with E-state index in [1.54, 1.807) is 49.4 Å². The molecule has 0 saturated heterocycles. The summed E-state index contributed by atoms with van der Waals surface area (Å²) in [5.41, 5.74) is 0.00490. The lowest BCUT2D eigenvalue weighted by molar-refractivity contribution is -0.140. The van der Waals surface area contributed by atoms with Gasteiger partial charge in [0.05, 0.1) is 24.8 Å². The van der Waals surface area contributed by atoms with E-state index in [0.29, 0.717) is 21.4 Å². The van der Waals surface area contributed by atoms with E-state index in [0.717, 1.165) is 4.31 Å². The largest absolute Gasteiger partial charge is 0.493 e. The Kier molecular flexibility index (Phi) is 10.8. The van der Waals surface area contributed by atoms with Crippen LogP contribution >= 0.6 is 23.2 Å². The number of rotatable bonds is 11. The summed E-state index contributed by atoms with van der Waals surface area (Å²) >= 11 is 12.9. The molecule has 0 aliphatic heterocycles. The van der Waals surface area contributed by atoms with Gasteiger partial charge >= 0.3 is 0 Å². The number of anilines is 1. The van der Waals surface area contributed by atoms with Crippen molar-refractivity contribution in [1.29, 1.82) is 0 Å². The molecule has 0 bridgehead atoms. The second-order valence-corrected chi connectivity index (χ2v) is 13.2. The number of nitrogens with one attached hydrogen (secondary N) is 1. The van der Waals surface area contributed by atoms with Crippen LogP contribution in [0.25, 0.3) is 0 Å². The van der Waals surface area contributed by atoms with E-state index in [-0.39, 0.29) is 22.9 Å². The van der Waals surface area contributed by atoms with Crippen molar-refractivity contribution in [1.82, 2.24) is 10.2 Å². The summed E-state index contributed by atoms with van der Waals surface area (Å²) in [4.78, 5) is 28.6. The number of amides is 2. The molecule has 0 spiro atoms. The maximum atomic E-state index is 14.1. The molecular formula is C30H35Cl2N3O6S. The van der Waals surface area contributed by atoms with Gasteiger partial charge in [0.25, 0.3) is 10.0 Å². The molecule has 2 amide bonds. The number of ether oxygens (including phenoxy) is 2. The molecule has 12 heteroatoms. The Labute approximate surface area is 257 Å². The lowest BCUT2D eigenvalue weighted by Gasteiger charge is -2.34. The van der Waals surface area contributed by atoms with Crippen LogP contribution in [0, 0.1) is 0 Å². The Balaban J connectivity index is 2.12. The number of benzene rings is 3. The fourth-order valence-electron chi connectivity index (χ4n) is 4.14. The minimum absolute atomic E-state index is 0.0215. The van der Waals surface area contributed by atoms with Crippen molar-refractivity contribution in [2.75, 3.05) is 25.1 Å². The molecule has 0 aromatic heterocycles. The topological polar surface area (TPSA) is 105 Å². The van der Waals surface area contributed by atoms with E-state index in [1.807, 2.05) is 20.8 Å². The molecule has 0 unspecified atom stereocenters. The van der Waals surface area contributed by atoms with Gasteiger partial charge in [0, 0.05) is 33.8 Å². The average Bonchev–Trinajstić information content (AvgIpc) is 2.94. The molecule has 3 aromatic rings. The van der Waals surface area contributed by atoms with Crippen molar-refractivity contribution in [3.63, 3.8) is 0 Å². The van der Waals surface area contributed by atoms with Crippen LogP contribution in [0.2, 0.25) is 10.0 Å². The van der Waals surface area contributed by atoms with Crippen LogP contribution in [0.4, 0.5) is 5.69 Å². The quantitative estimate of drug-likeness (QED) is 0.297. The summed E-state index contributed by atoms with van der Waals surface area (Å²) in [6, 6.07) is 16.2. The number of methoxy groups -OCH3 is 2. The Bertz CT molecular complexity index is 1510. The van der Waals surface area contributed by atoms with Gasteiger partial charge in [0.1, 0.15) is 12.6 Å². The normalized spacial score (nSPS) is 12.3. The fourth-order valence-corrected chi connectivity index (χ4v) is 6.08. The van der Waals surface area contributed by atoms with Gasteiger partial charge in [-0.15, -0.1) is 0 Å². The number of sulfonamides is 1. The van der Waals surface area contributed by atoms with Crippen LogP contribution < -0.4 is 19.1 Å². The number of carbonyl (C=O) groups is 2. The smallest absolute Gasteiger partial charge is 0.264 e. The maximum Gasteiger partial charge on any atom is 0.264 e. The lowest BCUT2D eigenvalue weighted by Crippen LogP contribution is -2.54. The summed E-state index contributed by atoms with van der Waals surface area (Å²) in [5.74, 6) is -0.431. The minimum Gasteiger partial charge on any atom is -0.493 e. The van der Waals surface area contributed by atoms with Crippen LogP contribution in [0.5, 0.6) is 11.5 Å². The lowest BCUT2D eigenvalue weighted by atomic mass is 10.1. The third-order valence-electron chi connectivity index (χ3n) is 6.32. The molecule has 0 heterocycles. The zero-order chi connectivity index (χ0) is 31.2. The Morgan fingerprint density at radius 3 is 2.05 bits per heavy atom. The molecule has 1 N–H and O–H groups in total. The van der Waals surface area contributed by atoms with Gasteiger partial charge < -0.3 is 19.7 Å². The van der Waals surface area contributed by atoms with Crippen molar-refractivity contribution in [3.05, 3.63) is 82.3 Å². The van der Waals surface area contributed by atoms with Crippen LogP contribution in [0.1, 0.15) is 33.3 Å². The van der Waals surface area contributed by atoms with Crippen LogP contribution in [0.3, 0.4) is 0 Å². The summed E-state index contributed by atoms with van der Waals surface area (Å²) < 4.78 is 39.6. The van der Waals surface area contributed by atoms with E-state index in [4.69, 9.17) is 32.7 Å². The van der Waals surface area contributed by atoms with E-state index in [2.05, 4.69) is 5.32 Å². The highest BCUT2D eigenvalue weighted by Crippen LogP contribution is 2.34. The number of hydrogen-bond donors (Lipinski definition) is 1. The number of halogens is 2. The Hall–Kier alpha value is -3.47. The molecule has 0 fully saturated rings. The molecule has 0 saturated carbocycles. The van der Waals surface area contributed by atoms with Crippen LogP contribution in [-0.2, 0) is 26.2 Å². The predicted molar refractivity (Wildman–Crippen MR) is 165 cm³/mol. The second kappa shape index (κ2) is 13.7. The highest BCUT2D eigenvalue weighted by Gasteiger charge is 2.34. The van der Waals surface area contributed by atoms with Crippen LogP contribution in [-0.4, -0.2) is 57.5 Å². The summed E-state index contributed by atoms with van der Waals surface area (Å²) in [6.45, 7) is 6.25. The van der Waals surface area contributed by atoms with Crippen LogP contribution in [0.15, 0.2) is 71.6 Å². The third-order valence-corrected chi connectivity index (χ3v) is 8.82. The van der Waals surface area contributed by atoms with Crippen molar-refractivity contribution in [2.24, 2.45) is 0 Å². The first-order chi connectivity index (χ1) is 19.7. The Morgan fingerprint density at radius 2 is 1.50 bits per heavy atom. The number of nitrogens with zero attached hydrogens (tertiary/aromatic N) is 2. The summed E-state index contributed by atoms with van der Waals surface area (Å²) in [7, 11) is -1.37. The zero-order valence-electron chi connectivity index (χ0n) is 24.4. The molecule has 9 nitrogen and oxygen atoms in total. The van der Waals surface area contributed by atoms with Gasteiger partial charge in [-0.25, -0.2) is 8.42 Å². The first-order valence-electron chi connectivity index (χ1n) is 13.0. The van der Waals surface area contributed by atoms with Crippen molar-refractivity contribution in [2.45, 2.75) is 50.7 Å². The molecule has 3 rings (SSSR count). The minimum atomic E-state index is -4.25. The predicted octanol–water partition coefficient (Wildman–Crippen LogP) is 5.54. The second-order valence-electron chi connectivity index (χ2n) is 10.5. The van der Waals surface area contributed by atoms with Gasteiger partial charge in [-0.05, 0) is 64.1 Å². The van der Waals surface area contributed by atoms with Gasteiger partial charge in [0.2, 0.25) is 11.8 Å². The highest BCUT2D eigenvalue weighted by atomic mass is 35.5. The molecule has 226 valence electrons. The average molecular weight is 637 g/mol. The van der Waals surface area contributed by atoms with Gasteiger partial charge in [0.15, 0.2) is 11.5 Å². The van der Waals surface area contributed by atoms with E-state index >= 15 is 0 Å². The molecule has 0 aliphatic carbocycles.